The lowest BCUT2D eigenvalue weighted by atomic mass is 10.1. The highest BCUT2D eigenvalue weighted by atomic mass is 35.5. The Labute approximate surface area is 113 Å². The molecule has 0 amide bonds. The van der Waals surface area contributed by atoms with E-state index in [1.165, 1.54) is 6.42 Å². The van der Waals surface area contributed by atoms with Crippen LogP contribution in [-0.2, 0) is 11.3 Å². The van der Waals surface area contributed by atoms with Gasteiger partial charge < -0.3 is 14.8 Å². The molecular weight excluding hydrogens is 252 g/mol. The second-order valence-corrected chi connectivity index (χ2v) is 4.87. The number of halogens is 1. The molecule has 0 bridgehead atoms. The van der Waals surface area contributed by atoms with Crippen LogP contribution >= 0.6 is 11.6 Å². The number of aromatic nitrogens is 1. The summed E-state index contributed by atoms with van der Waals surface area (Å²) < 4.78 is 11.2. The van der Waals surface area contributed by atoms with Crippen LogP contribution in [0.1, 0.15) is 24.8 Å². The first kappa shape index (κ1) is 13.6. The van der Waals surface area contributed by atoms with Gasteiger partial charge in [-0.3, -0.25) is 0 Å². The molecule has 1 aromatic rings. The second-order valence-electron chi connectivity index (χ2n) is 4.46. The lowest BCUT2D eigenvalue weighted by Crippen LogP contribution is -2.26. The fourth-order valence-electron chi connectivity index (χ4n) is 1.98. The van der Waals surface area contributed by atoms with Gasteiger partial charge in [0.25, 0.3) is 0 Å². The maximum Gasteiger partial charge on any atom is 0.232 e. The van der Waals surface area contributed by atoms with E-state index in [0.717, 1.165) is 31.6 Å². The Bertz CT molecular complexity index is 381. The lowest BCUT2D eigenvalue weighted by Gasteiger charge is -2.22. The Morgan fingerprint density at radius 2 is 2.44 bits per heavy atom. The van der Waals surface area contributed by atoms with Crippen molar-refractivity contribution in [3.63, 3.8) is 0 Å². The molecule has 1 saturated heterocycles. The Morgan fingerprint density at radius 1 is 1.56 bits per heavy atom. The zero-order chi connectivity index (χ0) is 12.8. The van der Waals surface area contributed by atoms with Crippen molar-refractivity contribution in [2.24, 2.45) is 0 Å². The van der Waals surface area contributed by atoms with E-state index in [1.807, 2.05) is 13.1 Å². The highest BCUT2D eigenvalue weighted by Crippen LogP contribution is 2.23. The second kappa shape index (κ2) is 6.92. The van der Waals surface area contributed by atoms with Gasteiger partial charge in [0.1, 0.15) is 11.6 Å². The molecule has 0 aliphatic carbocycles. The van der Waals surface area contributed by atoms with Crippen LogP contribution in [0.25, 0.3) is 0 Å². The van der Waals surface area contributed by atoms with Crippen LogP contribution in [-0.4, -0.2) is 31.3 Å². The predicted molar refractivity (Wildman–Crippen MR) is 71.1 cm³/mol. The molecule has 2 heterocycles. The third kappa shape index (κ3) is 3.83. The number of nitrogens with zero attached hydrogens (tertiary/aromatic N) is 1. The van der Waals surface area contributed by atoms with Crippen LogP contribution in [0.5, 0.6) is 5.88 Å². The van der Waals surface area contributed by atoms with Gasteiger partial charge in [-0.2, -0.15) is 0 Å². The number of rotatable bonds is 5. The van der Waals surface area contributed by atoms with Crippen molar-refractivity contribution in [1.82, 2.24) is 10.3 Å². The van der Waals surface area contributed by atoms with Crippen LogP contribution in [0, 0.1) is 0 Å². The van der Waals surface area contributed by atoms with Gasteiger partial charge in [-0.05, 0) is 37.9 Å². The maximum absolute atomic E-state index is 6.13. The van der Waals surface area contributed by atoms with Crippen molar-refractivity contribution in [3.8, 4) is 5.88 Å². The molecule has 1 atom stereocenters. The summed E-state index contributed by atoms with van der Waals surface area (Å²) in [5.74, 6) is 0.491. The number of hydrogen-bond acceptors (Lipinski definition) is 4. The standard InChI is InChI=1S/C13H19ClN2O2/c1-15-7-10-6-12(14)13(16-8-10)18-9-11-4-2-3-5-17-11/h6,8,11,15H,2-5,7,9H2,1H3. The molecule has 4 nitrogen and oxygen atoms in total. The van der Waals surface area contributed by atoms with Crippen LogP contribution in [0.2, 0.25) is 5.02 Å². The molecule has 5 heteroatoms. The largest absolute Gasteiger partial charge is 0.474 e. The lowest BCUT2D eigenvalue weighted by molar-refractivity contribution is -0.0119. The number of pyridine rings is 1. The Balaban J connectivity index is 1.88. The highest BCUT2D eigenvalue weighted by Gasteiger charge is 2.15. The molecule has 1 aliphatic rings. The molecule has 1 aliphatic heterocycles. The minimum absolute atomic E-state index is 0.175. The molecule has 0 radical (unpaired) electrons. The third-order valence-corrected chi connectivity index (χ3v) is 3.20. The summed E-state index contributed by atoms with van der Waals surface area (Å²) in [4.78, 5) is 4.23. The summed E-state index contributed by atoms with van der Waals surface area (Å²) in [6.07, 6.45) is 5.35. The van der Waals surface area contributed by atoms with E-state index in [0.29, 0.717) is 17.5 Å². The first-order chi connectivity index (χ1) is 8.79. The fourth-order valence-corrected chi connectivity index (χ4v) is 2.23. The molecule has 2 rings (SSSR count). The predicted octanol–water partition coefficient (Wildman–Crippen LogP) is 2.40. The summed E-state index contributed by atoms with van der Waals surface area (Å²) in [5.41, 5.74) is 1.05. The monoisotopic (exact) mass is 270 g/mol. The van der Waals surface area contributed by atoms with Crippen molar-refractivity contribution in [3.05, 3.63) is 22.8 Å². The molecule has 0 aromatic carbocycles. The van der Waals surface area contributed by atoms with Crippen LogP contribution in [0.3, 0.4) is 0 Å². The fraction of sp³-hybridized carbons (Fsp3) is 0.615. The summed E-state index contributed by atoms with van der Waals surface area (Å²) in [6.45, 7) is 2.10. The third-order valence-electron chi connectivity index (χ3n) is 2.92. The first-order valence-corrected chi connectivity index (χ1v) is 6.71. The van der Waals surface area contributed by atoms with Gasteiger partial charge in [0, 0.05) is 19.3 Å². The number of nitrogens with one attached hydrogen (secondary N) is 1. The van der Waals surface area contributed by atoms with Gasteiger partial charge >= 0.3 is 0 Å². The van der Waals surface area contributed by atoms with Crippen molar-refractivity contribution in [2.75, 3.05) is 20.3 Å². The zero-order valence-corrected chi connectivity index (χ0v) is 11.4. The normalized spacial score (nSPS) is 19.8. The topological polar surface area (TPSA) is 43.4 Å². The molecule has 1 fully saturated rings. The van der Waals surface area contributed by atoms with Gasteiger partial charge in [0.15, 0.2) is 0 Å². The Kier molecular flexibility index (Phi) is 5.23. The Morgan fingerprint density at radius 3 is 3.11 bits per heavy atom. The van der Waals surface area contributed by atoms with Gasteiger partial charge in [-0.15, -0.1) is 0 Å². The SMILES string of the molecule is CNCc1cnc(OCC2CCCCO2)c(Cl)c1. The molecule has 1 unspecified atom stereocenters. The van der Waals surface area contributed by atoms with Crippen molar-refractivity contribution < 1.29 is 9.47 Å². The van der Waals surface area contributed by atoms with Crippen molar-refractivity contribution in [1.29, 1.82) is 0 Å². The van der Waals surface area contributed by atoms with Crippen LogP contribution < -0.4 is 10.1 Å². The van der Waals surface area contributed by atoms with Crippen LogP contribution in [0.4, 0.5) is 0 Å². The molecule has 0 saturated carbocycles. The van der Waals surface area contributed by atoms with Crippen molar-refractivity contribution in [2.45, 2.75) is 31.9 Å². The highest BCUT2D eigenvalue weighted by molar-refractivity contribution is 6.31. The zero-order valence-electron chi connectivity index (χ0n) is 10.6. The van der Waals surface area contributed by atoms with Gasteiger partial charge in [0.05, 0.1) is 6.10 Å². The molecule has 100 valence electrons. The quantitative estimate of drug-likeness (QED) is 0.892. The van der Waals surface area contributed by atoms with Crippen molar-refractivity contribution >= 4 is 11.6 Å². The average Bonchev–Trinajstić information content (AvgIpc) is 2.39. The maximum atomic E-state index is 6.13. The average molecular weight is 271 g/mol. The van der Waals surface area contributed by atoms with E-state index in [4.69, 9.17) is 21.1 Å². The van der Waals surface area contributed by atoms with E-state index in [2.05, 4.69) is 10.3 Å². The molecule has 1 aromatic heterocycles. The smallest absolute Gasteiger partial charge is 0.232 e. The summed E-state index contributed by atoms with van der Waals surface area (Å²) in [7, 11) is 1.89. The number of hydrogen-bond donors (Lipinski definition) is 1. The van der Waals surface area contributed by atoms with E-state index in [1.54, 1.807) is 6.20 Å². The molecule has 0 spiro atoms. The molecule has 1 N–H and O–H groups in total. The minimum Gasteiger partial charge on any atom is -0.474 e. The molecule has 18 heavy (non-hydrogen) atoms. The summed E-state index contributed by atoms with van der Waals surface area (Å²) in [6, 6.07) is 1.88. The van der Waals surface area contributed by atoms with E-state index in [-0.39, 0.29) is 6.10 Å². The summed E-state index contributed by atoms with van der Waals surface area (Å²) >= 11 is 6.13. The molecular formula is C13H19ClN2O2. The van der Waals surface area contributed by atoms with Gasteiger partial charge in [-0.25, -0.2) is 4.98 Å². The minimum atomic E-state index is 0.175. The van der Waals surface area contributed by atoms with Crippen LogP contribution in [0.15, 0.2) is 12.3 Å². The van der Waals surface area contributed by atoms with E-state index < -0.39 is 0 Å². The first-order valence-electron chi connectivity index (χ1n) is 6.33. The van der Waals surface area contributed by atoms with E-state index >= 15 is 0 Å². The Hall–Kier alpha value is -0.840. The van der Waals surface area contributed by atoms with Gasteiger partial charge in [0.2, 0.25) is 5.88 Å². The van der Waals surface area contributed by atoms with E-state index in [9.17, 15) is 0 Å². The number of ether oxygens (including phenoxy) is 2. The van der Waals surface area contributed by atoms with Gasteiger partial charge in [-0.1, -0.05) is 11.6 Å². The summed E-state index contributed by atoms with van der Waals surface area (Å²) in [5, 5.41) is 3.61.